The smallest absolute Gasteiger partial charge is 0.326 e. The van der Waals surface area contributed by atoms with Crippen molar-refractivity contribution in [2.75, 3.05) is 33.4 Å². The summed E-state index contributed by atoms with van der Waals surface area (Å²) in [7, 11) is 1.59. The van der Waals surface area contributed by atoms with Crippen molar-refractivity contribution < 1.29 is 24.2 Å². The molecule has 2 aliphatic heterocycles. The van der Waals surface area contributed by atoms with Gasteiger partial charge in [0.05, 0.1) is 13.2 Å². The Hall–Kier alpha value is -1.34. The molecule has 0 spiro atoms. The Morgan fingerprint density at radius 2 is 2.37 bits per heavy atom. The third-order valence-corrected chi connectivity index (χ3v) is 3.86. The largest absolute Gasteiger partial charge is 0.480 e. The van der Waals surface area contributed by atoms with Crippen molar-refractivity contribution in [2.45, 2.75) is 30.9 Å². The average Bonchev–Trinajstić information content (AvgIpc) is 3.05. The van der Waals surface area contributed by atoms with Crippen LogP contribution in [0.4, 0.5) is 4.79 Å². The SMILES string of the molecule is COC1(CNC(=O)N2CCCC2C(=O)O)CCOC1. The predicted octanol–water partition coefficient (Wildman–Crippen LogP) is 0.0505. The molecule has 108 valence electrons. The summed E-state index contributed by atoms with van der Waals surface area (Å²) in [5.74, 6) is -0.946. The van der Waals surface area contributed by atoms with Crippen LogP contribution in [-0.2, 0) is 14.3 Å². The van der Waals surface area contributed by atoms with E-state index in [1.165, 1.54) is 4.90 Å². The zero-order chi connectivity index (χ0) is 13.9. The molecule has 0 bridgehead atoms. The lowest BCUT2D eigenvalue weighted by Gasteiger charge is -2.28. The second kappa shape index (κ2) is 5.75. The van der Waals surface area contributed by atoms with E-state index in [2.05, 4.69) is 5.32 Å². The Labute approximate surface area is 111 Å². The highest BCUT2D eigenvalue weighted by Gasteiger charge is 2.38. The molecule has 2 N–H and O–H groups in total. The van der Waals surface area contributed by atoms with Gasteiger partial charge in [-0.05, 0) is 12.8 Å². The molecule has 2 atom stereocenters. The number of aliphatic carboxylic acids is 1. The van der Waals surface area contributed by atoms with Crippen LogP contribution >= 0.6 is 0 Å². The maximum Gasteiger partial charge on any atom is 0.326 e. The molecule has 0 saturated carbocycles. The van der Waals surface area contributed by atoms with Gasteiger partial charge in [0.15, 0.2) is 0 Å². The second-order valence-electron chi connectivity index (χ2n) is 5.04. The third kappa shape index (κ3) is 2.98. The maximum atomic E-state index is 12.0. The summed E-state index contributed by atoms with van der Waals surface area (Å²) in [6.07, 6.45) is 1.97. The molecule has 0 radical (unpaired) electrons. The summed E-state index contributed by atoms with van der Waals surface area (Å²) in [5.41, 5.74) is -0.478. The van der Waals surface area contributed by atoms with Gasteiger partial charge in [-0.25, -0.2) is 9.59 Å². The first kappa shape index (κ1) is 14.1. The Morgan fingerprint density at radius 1 is 1.58 bits per heavy atom. The lowest BCUT2D eigenvalue weighted by molar-refractivity contribution is -0.141. The van der Waals surface area contributed by atoms with Crippen LogP contribution in [0, 0.1) is 0 Å². The van der Waals surface area contributed by atoms with Gasteiger partial charge in [-0.1, -0.05) is 0 Å². The van der Waals surface area contributed by atoms with Crippen LogP contribution in [0.15, 0.2) is 0 Å². The van der Waals surface area contributed by atoms with Gasteiger partial charge in [0.25, 0.3) is 0 Å². The van der Waals surface area contributed by atoms with Crippen molar-refractivity contribution >= 4 is 12.0 Å². The number of carbonyl (C=O) groups is 2. The number of hydrogen-bond acceptors (Lipinski definition) is 4. The minimum absolute atomic E-state index is 0.338. The highest BCUT2D eigenvalue weighted by Crippen LogP contribution is 2.22. The maximum absolute atomic E-state index is 12.0. The summed E-state index contributed by atoms with van der Waals surface area (Å²) in [6, 6.07) is -1.05. The molecule has 2 amide bonds. The molecule has 2 saturated heterocycles. The first-order chi connectivity index (χ1) is 9.08. The van der Waals surface area contributed by atoms with E-state index in [1.54, 1.807) is 7.11 Å². The number of likely N-dealkylation sites (tertiary alicyclic amines) is 1. The number of carbonyl (C=O) groups excluding carboxylic acids is 1. The van der Waals surface area contributed by atoms with Crippen molar-refractivity contribution in [1.82, 2.24) is 10.2 Å². The van der Waals surface area contributed by atoms with Gasteiger partial charge in [0, 0.05) is 26.7 Å². The quantitative estimate of drug-likeness (QED) is 0.755. The molecular weight excluding hydrogens is 252 g/mol. The van der Waals surface area contributed by atoms with E-state index in [0.717, 1.165) is 12.8 Å². The zero-order valence-electron chi connectivity index (χ0n) is 11.1. The summed E-state index contributed by atoms with van der Waals surface area (Å²) in [4.78, 5) is 24.4. The fraction of sp³-hybridized carbons (Fsp3) is 0.833. The fourth-order valence-electron chi connectivity index (χ4n) is 2.57. The Morgan fingerprint density at radius 3 is 2.95 bits per heavy atom. The molecule has 0 aromatic heterocycles. The molecule has 2 unspecified atom stereocenters. The van der Waals surface area contributed by atoms with Crippen molar-refractivity contribution in [2.24, 2.45) is 0 Å². The van der Waals surface area contributed by atoms with Crippen LogP contribution in [0.2, 0.25) is 0 Å². The van der Waals surface area contributed by atoms with Crippen LogP contribution in [0.3, 0.4) is 0 Å². The lowest BCUT2D eigenvalue weighted by atomic mass is 10.0. The monoisotopic (exact) mass is 272 g/mol. The van der Waals surface area contributed by atoms with E-state index in [9.17, 15) is 9.59 Å². The van der Waals surface area contributed by atoms with Gasteiger partial charge in [-0.15, -0.1) is 0 Å². The van der Waals surface area contributed by atoms with E-state index in [4.69, 9.17) is 14.6 Å². The van der Waals surface area contributed by atoms with E-state index in [1.807, 2.05) is 0 Å². The van der Waals surface area contributed by atoms with E-state index < -0.39 is 17.6 Å². The molecular formula is C12H20N2O5. The van der Waals surface area contributed by atoms with Crippen molar-refractivity contribution in [3.63, 3.8) is 0 Å². The lowest BCUT2D eigenvalue weighted by Crippen LogP contribution is -2.51. The normalized spacial score (nSPS) is 30.6. The van der Waals surface area contributed by atoms with Gasteiger partial charge in [0.2, 0.25) is 0 Å². The summed E-state index contributed by atoms with van der Waals surface area (Å²) in [5, 5.41) is 11.8. The molecule has 2 aliphatic rings. The third-order valence-electron chi connectivity index (χ3n) is 3.86. The standard InChI is InChI=1S/C12H20N2O5/c1-18-12(4-6-19-8-12)7-13-11(17)14-5-2-3-9(14)10(15)16/h9H,2-8H2,1H3,(H,13,17)(H,15,16). The average molecular weight is 272 g/mol. The van der Waals surface area contributed by atoms with Crippen molar-refractivity contribution in [3.05, 3.63) is 0 Å². The number of rotatable bonds is 4. The first-order valence-electron chi connectivity index (χ1n) is 6.48. The second-order valence-corrected chi connectivity index (χ2v) is 5.04. The van der Waals surface area contributed by atoms with Crippen LogP contribution in [0.5, 0.6) is 0 Å². The number of ether oxygens (including phenoxy) is 2. The molecule has 0 aliphatic carbocycles. The highest BCUT2D eigenvalue weighted by atomic mass is 16.5. The predicted molar refractivity (Wildman–Crippen MR) is 65.9 cm³/mol. The summed E-state index contributed by atoms with van der Waals surface area (Å²) in [6.45, 7) is 1.89. The van der Waals surface area contributed by atoms with Crippen molar-refractivity contribution in [3.8, 4) is 0 Å². The van der Waals surface area contributed by atoms with Gasteiger partial charge in [0.1, 0.15) is 11.6 Å². The number of nitrogens with one attached hydrogen (secondary N) is 1. The molecule has 7 heteroatoms. The zero-order valence-corrected chi connectivity index (χ0v) is 11.1. The molecule has 2 rings (SSSR count). The summed E-state index contributed by atoms with van der Waals surface area (Å²) >= 11 is 0. The number of amides is 2. The number of carboxylic acids is 1. The van der Waals surface area contributed by atoms with Crippen LogP contribution in [-0.4, -0.2) is 67.1 Å². The van der Waals surface area contributed by atoms with Crippen molar-refractivity contribution in [1.29, 1.82) is 0 Å². The number of nitrogens with zero attached hydrogens (tertiary/aromatic N) is 1. The fourth-order valence-corrected chi connectivity index (χ4v) is 2.57. The minimum atomic E-state index is -0.946. The van der Waals surface area contributed by atoms with E-state index >= 15 is 0 Å². The van der Waals surface area contributed by atoms with Crippen LogP contribution < -0.4 is 5.32 Å². The first-order valence-corrected chi connectivity index (χ1v) is 6.48. The Balaban J connectivity index is 1.88. The number of carboxylic acid groups (broad SMARTS) is 1. The molecule has 0 aromatic carbocycles. The van der Waals surface area contributed by atoms with Crippen LogP contribution in [0.25, 0.3) is 0 Å². The van der Waals surface area contributed by atoms with E-state index in [-0.39, 0.29) is 6.03 Å². The number of hydrogen-bond donors (Lipinski definition) is 2. The van der Waals surface area contributed by atoms with Gasteiger partial charge in [-0.2, -0.15) is 0 Å². The molecule has 19 heavy (non-hydrogen) atoms. The topological polar surface area (TPSA) is 88.1 Å². The molecule has 7 nitrogen and oxygen atoms in total. The summed E-state index contributed by atoms with van der Waals surface area (Å²) < 4.78 is 10.7. The highest BCUT2D eigenvalue weighted by molar-refractivity contribution is 5.83. The number of urea groups is 1. The van der Waals surface area contributed by atoms with Gasteiger partial charge in [-0.3, -0.25) is 0 Å². The minimum Gasteiger partial charge on any atom is -0.480 e. The molecule has 2 heterocycles. The van der Waals surface area contributed by atoms with Crippen LogP contribution in [0.1, 0.15) is 19.3 Å². The molecule has 0 aromatic rings. The van der Waals surface area contributed by atoms with Gasteiger partial charge >= 0.3 is 12.0 Å². The number of methoxy groups -OCH3 is 1. The van der Waals surface area contributed by atoms with Gasteiger partial charge < -0.3 is 24.8 Å². The Bertz CT molecular complexity index is 354. The molecule has 2 fully saturated rings. The Kier molecular flexibility index (Phi) is 4.26. The van der Waals surface area contributed by atoms with E-state index in [0.29, 0.717) is 32.7 Å².